The van der Waals surface area contributed by atoms with Gasteiger partial charge in [0.15, 0.2) is 30.6 Å². The van der Waals surface area contributed by atoms with Crippen molar-refractivity contribution in [1.29, 1.82) is 0 Å². The summed E-state index contributed by atoms with van der Waals surface area (Å²) in [5.74, 6) is -3.13. The van der Waals surface area contributed by atoms with Crippen LogP contribution in [0.25, 0.3) is 10.4 Å². The molecule has 3 aliphatic rings. The summed E-state index contributed by atoms with van der Waals surface area (Å²) < 4.78 is 51.2. The molecule has 2 N–H and O–H groups in total. The molecule has 0 saturated carbocycles. The van der Waals surface area contributed by atoms with Crippen LogP contribution in [0.5, 0.6) is 0 Å². The molecule has 0 aromatic heterocycles. The molecule has 38 heavy (non-hydrogen) atoms. The van der Waals surface area contributed by atoms with Crippen molar-refractivity contribution in [3.63, 3.8) is 0 Å². The fourth-order valence-electron chi connectivity index (χ4n) is 4.56. The average Bonchev–Trinajstić information content (AvgIpc) is 2.82. The number of carbonyl (C=O) groups excluding carboxylic acids is 3. The Labute approximate surface area is 218 Å². The van der Waals surface area contributed by atoms with E-state index in [9.17, 15) is 19.9 Å². The normalized spacial score (nSPS) is 38.2. The molecule has 3 rings (SSSR count). The minimum Gasteiger partial charge on any atom is -0.463 e. The number of hydrogen-bond donors (Lipinski definition) is 1. The minimum absolute atomic E-state index is 0.148. The first kappa shape index (κ1) is 30.0. The summed E-state index contributed by atoms with van der Waals surface area (Å²) in [5.41, 5.74) is 15.7. The quantitative estimate of drug-likeness (QED) is 0.140. The zero-order valence-electron chi connectivity index (χ0n) is 22.0. The lowest BCUT2D eigenvalue weighted by Crippen LogP contribution is -2.69. The second-order valence-corrected chi connectivity index (χ2v) is 9.44. The molecule has 0 radical (unpaired) electrons. The van der Waals surface area contributed by atoms with Crippen molar-refractivity contribution in [3.05, 3.63) is 10.4 Å². The van der Waals surface area contributed by atoms with Gasteiger partial charge in [-0.15, -0.1) is 0 Å². The number of nitrogens with two attached hydrogens (primary N) is 1. The minimum atomic E-state index is -1.41. The zero-order valence-corrected chi connectivity index (χ0v) is 22.0. The molecule has 3 aliphatic heterocycles. The van der Waals surface area contributed by atoms with Crippen molar-refractivity contribution in [1.82, 2.24) is 0 Å². The molecule has 0 aromatic carbocycles. The van der Waals surface area contributed by atoms with Gasteiger partial charge in [0.1, 0.15) is 37.1 Å². The maximum atomic E-state index is 12.0. The van der Waals surface area contributed by atoms with Crippen LogP contribution in [-0.4, -0.2) is 105 Å². The van der Waals surface area contributed by atoms with Gasteiger partial charge < -0.3 is 48.4 Å². The molecule has 0 aromatic rings. The Morgan fingerprint density at radius 1 is 1.03 bits per heavy atom. The van der Waals surface area contributed by atoms with E-state index in [0.29, 0.717) is 0 Å². The predicted molar refractivity (Wildman–Crippen MR) is 123 cm³/mol. The molecule has 16 heteroatoms. The van der Waals surface area contributed by atoms with E-state index in [4.69, 9.17) is 48.4 Å². The van der Waals surface area contributed by atoms with E-state index < -0.39 is 91.6 Å². The molecule has 3 heterocycles. The van der Waals surface area contributed by atoms with E-state index in [1.807, 2.05) is 0 Å². The number of methoxy groups -OCH3 is 1. The molecule has 0 aliphatic carbocycles. The van der Waals surface area contributed by atoms with Crippen molar-refractivity contribution >= 4 is 17.9 Å². The summed E-state index contributed by atoms with van der Waals surface area (Å²) in [5, 5.41) is 3.73. The van der Waals surface area contributed by atoms with E-state index in [-0.39, 0.29) is 6.61 Å². The predicted octanol–water partition coefficient (Wildman–Crippen LogP) is 0.0520. The lowest BCUT2D eigenvalue weighted by molar-refractivity contribution is -0.384. The molecule has 16 nitrogen and oxygen atoms in total. The van der Waals surface area contributed by atoms with Gasteiger partial charge >= 0.3 is 17.9 Å². The Morgan fingerprint density at radius 3 is 2.26 bits per heavy atom. The van der Waals surface area contributed by atoms with E-state index in [0.717, 1.165) is 13.8 Å². The monoisotopic (exact) mass is 546 g/mol. The average molecular weight is 547 g/mol. The highest BCUT2D eigenvalue weighted by atomic mass is 16.8. The van der Waals surface area contributed by atoms with Gasteiger partial charge in [0.2, 0.25) is 0 Å². The lowest BCUT2D eigenvalue weighted by Gasteiger charge is -2.52. The number of esters is 3. The summed E-state index contributed by atoms with van der Waals surface area (Å²) >= 11 is 0. The molecular formula is C22H34N4O12. The first-order valence-corrected chi connectivity index (χ1v) is 12.0. The smallest absolute Gasteiger partial charge is 0.303 e. The highest BCUT2D eigenvalue weighted by Gasteiger charge is 2.56. The Hall–Kier alpha value is -2.56. The van der Waals surface area contributed by atoms with E-state index >= 15 is 0 Å². The van der Waals surface area contributed by atoms with Gasteiger partial charge in [0.05, 0.1) is 12.6 Å². The summed E-state index contributed by atoms with van der Waals surface area (Å²) in [6, 6.07) is -2.25. The van der Waals surface area contributed by atoms with Crippen LogP contribution in [0, 0.1) is 0 Å². The highest BCUT2D eigenvalue weighted by Crippen LogP contribution is 2.37. The highest BCUT2D eigenvalue weighted by molar-refractivity contribution is 5.68. The SMILES string of the molecule is CO[C@@H]1O[C@@H]2COC(C)(C)O[C@H]2[C@H](O[C@H]2O[C@H](COC(C)=O)[C@@H](OC(C)=O)[C@H](OC(C)=O)[C@@H]2N=[N+]=[N-])[C@H]1N. The summed E-state index contributed by atoms with van der Waals surface area (Å²) in [6.07, 6.45) is -8.50. The van der Waals surface area contributed by atoms with Crippen LogP contribution in [0.1, 0.15) is 34.6 Å². The van der Waals surface area contributed by atoms with E-state index in [2.05, 4.69) is 10.0 Å². The van der Waals surface area contributed by atoms with Gasteiger partial charge in [0, 0.05) is 32.8 Å². The van der Waals surface area contributed by atoms with Gasteiger partial charge in [0.25, 0.3) is 0 Å². The molecular weight excluding hydrogens is 512 g/mol. The fourth-order valence-corrected chi connectivity index (χ4v) is 4.56. The molecule has 0 amide bonds. The standard InChI is InChI=1S/C22H34N4O12/c1-9(27)31-7-12-16(33-10(2)28)19(34-11(3)29)15(25-26-24)21(36-12)37-18-14(23)20(30-6)35-13-8-32-22(4,5)38-17(13)18/h12-21H,7-8,23H2,1-6H3/t12-,13-,14-,15+,16-,17-,18-,19-,20-,21-/m1/s1. The topological polar surface area (TPSA) is 209 Å². The van der Waals surface area contributed by atoms with Crippen LogP contribution in [0.3, 0.4) is 0 Å². The number of rotatable bonds is 8. The van der Waals surface area contributed by atoms with Crippen molar-refractivity contribution in [2.75, 3.05) is 20.3 Å². The van der Waals surface area contributed by atoms with Crippen molar-refractivity contribution in [3.8, 4) is 0 Å². The van der Waals surface area contributed by atoms with Crippen LogP contribution in [0.4, 0.5) is 0 Å². The molecule has 0 unspecified atom stereocenters. The second-order valence-electron chi connectivity index (χ2n) is 9.44. The molecule has 3 saturated heterocycles. The number of ether oxygens (including phenoxy) is 9. The van der Waals surface area contributed by atoms with Gasteiger partial charge in [-0.2, -0.15) is 0 Å². The summed E-state index contributed by atoms with van der Waals surface area (Å²) in [4.78, 5) is 38.3. The molecule has 3 fully saturated rings. The van der Waals surface area contributed by atoms with Gasteiger partial charge in [-0.1, -0.05) is 5.11 Å². The second kappa shape index (κ2) is 12.5. The lowest BCUT2D eigenvalue weighted by atomic mass is 9.94. The van der Waals surface area contributed by atoms with Crippen molar-refractivity contribution < 1.29 is 57.0 Å². The van der Waals surface area contributed by atoms with Crippen LogP contribution in [0.2, 0.25) is 0 Å². The van der Waals surface area contributed by atoms with Gasteiger partial charge in [-0.25, -0.2) is 0 Å². The third-order valence-corrected chi connectivity index (χ3v) is 6.09. The van der Waals surface area contributed by atoms with Crippen LogP contribution >= 0.6 is 0 Å². The largest absolute Gasteiger partial charge is 0.463 e. The number of carbonyl (C=O) groups is 3. The molecule has 0 spiro atoms. The Balaban J connectivity index is 1.99. The third-order valence-electron chi connectivity index (χ3n) is 6.09. The van der Waals surface area contributed by atoms with E-state index in [1.54, 1.807) is 13.8 Å². The van der Waals surface area contributed by atoms with Crippen LogP contribution in [-0.2, 0) is 57.0 Å². The molecule has 0 bridgehead atoms. The maximum absolute atomic E-state index is 12.0. The first-order chi connectivity index (χ1) is 17.9. The molecule has 214 valence electrons. The van der Waals surface area contributed by atoms with Crippen molar-refractivity contribution in [2.24, 2.45) is 10.8 Å². The maximum Gasteiger partial charge on any atom is 0.303 e. The Bertz CT molecular complexity index is 928. The third kappa shape index (κ3) is 7.09. The van der Waals surface area contributed by atoms with Gasteiger partial charge in [-0.3, -0.25) is 14.4 Å². The molecule has 10 atom stereocenters. The van der Waals surface area contributed by atoms with Crippen LogP contribution < -0.4 is 5.73 Å². The summed E-state index contributed by atoms with van der Waals surface area (Å²) in [7, 11) is 1.41. The van der Waals surface area contributed by atoms with Crippen LogP contribution in [0.15, 0.2) is 5.11 Å². The zero-order chi connectivity index (χ0) is 28.2. The Kier molecular flexibility index (Phi) is 9.89. The number of fused-ring (bicyclic) bond motifs is 1. The van der Waals surface area contributed by atoms with Gasteiger partial charge in [-0.05, 0) is 19.4 Å². The van der Waals surface area contributed by atoms with Crippen molar-refractivity contribution in [2.45, 2.75) is 102 Å². The first-order valence-electron chi connectivity index (χ1n) is 12.0. The Morgan fingerprint density at radius 2 is 1.68 bits per heavy atom. The number of nitrogens with zero attached hydrogens (tertiary/aromatic N) is 3. The summed E-state index contributed by atoms with van der Waals surface area (Å²) in [6.45, 7) is 6.63. The van der Waals surface area contributed by atoms with E-state index in [1.165, 1.54) is 14.0 Å². The fraction of sp³-hybridized carbons (Fsp3) is 0.864. The number of azide groups is 1. The number of hydrogen-bond acceptors (Lipinski definition) is 14.